The fraction of sp³-hybridized carbons (Fsp3) is 0.360. The number of rotatable bonds is 6. The lowest BCUT2D eigenvalue weighted by atomic mass is 9.90. The molecule has 3 heteroatoms. The van der Waals surface area contributed by atoms with Crippen molar-refractivity contribution in [3.05, 3.63) is 81.6 Å². The van der Waals surface area contributed by atoms with Crippen LogP contribution >= 0.6 is 0 Å². The number of aryl methyl sites for hydroxylation is 2. The molecule has 0 heterocycles. The first-order chi connectivity index (χ1) is 13.4. The van der Waals surface area contributed by atoms with Gasteiger partial charge in [0.25, 0.3) is 0 Å². The predicted molar refractivity (Wildman–Crippen MR) is 114 cm³/mol. The molecule has 2 aromatic rings. The maximum absolute atomic E-state index is 10.3. The molecule has 148 valence electrons. The standard InChI is InChI=1S/C25H30O3/c1-16-6-8-23(26)19(10-16)14-21-12-18(3)13-22(25(21)28-5)15-20-11-17(2)7-9-24(20)27-4/h6,8-13,17,26H,7,14-15H2,1-5H3. The third kappa shape index (κ3) is 4.41. The van der Waals surface area contributed by atoms with Crippen molar-refractivity contribution in [2.24, 2.45) is 5.92 Å². The molecule has 0 aromatic heterocycles. The Morgan fingerprint density at radius 3 is 2.29 bits per heavy atom. The first-order valence-electron chi connectivity index (χ1n) is 9.81. The van der Waals surface area contributed by atoms with Gasteiger partial charge in [-0.1, -0.05) is 48.4 Å². The summed E-state index contributed by atoms with van der Waals surface area (Å²) in [6, 6.07) is 10.1. The van der Waals surface area contributed by atoms with Gasteiger partial charge in [0.2, 0.25) is 0 Å². The first kappa shape index (κ1) is 20.1. The van der Waals surface area contributed by atoms with Gasteiger partial charge in [-0.25, -0.2) is 0 Å². The Morgan fingerprint density at radius 2 is 1.61 bits per heavy atom. The summed E-state index contributed by atoms with van der Waals surface area (Å²) >= 11 is 0. The molecular formula is C25H30O3. The smallest absolute Gasteiger partial charge is 0.125 e. The fourth-order valence-corrected chi connectivity index (χ4v) is 4.00. The monoisotopic (exact) mass is 378 g/mol. The second-order valence-electron chi connectivity index (χ2n) is 7.78. The van der Waals surface area contributed by atoms with Crippen molar-refractivity contribution in [3.8, 4) is 11.5 Å². The predicted octanol–water partition coefficient (Wildman–Crippen LogP) is 5.65. The zero-order valence-corrected chi connectivity index (χ0v) is 17.5. The molecule has 3 rings (SSSR count). The fourth-order valence-electron chi connectivity index (χ4n) is 4.00. The number of aromatic hydroxyl groups is 1. The summed E-state index contributed by atoms with van der Waals surface area (Å²) < 4.78 is 11.4. The largest absolute Gasteiger partial charge is 0.508 e. The normalized spacial score (nSPS) is 16.4. The van der Waals surface area contributed by atoms with Crippen LogP contribution < -0.4 is 4.74 Å². The van der Waals surface area contributed by atoms with Crippen molar-refractivity contribution in [2.45, 2.75) is 40.0 Å². The van der Waals surface area contributed by atoms with Crippen molar-refractivity contribution in [1.82, 2.24) is 0 Å². The minimum absolute atomic E-state index is 0.323. The average Bonchev–Trinajstić information content (AvgIpc) is 2.65. The lowest BCUT2D eigenvalue weighted by Crippen LogP contribution is -2.08. The average molecular weight is 379 g/mol. The summed E-state index contributed by atoms with van der Waals surface area (Å²) in [4.78, 5) is 0. The van der Waals surface area contributed by atoms with Crippen LogP contribution in [0.25, 0.3) is 0 Å². The van der Waals surface area contributed by atoms with E-state index in [1.807, 2.05) is 19.1 Å². The number of ether oxygens (including phenoxy) is 2. The van der Waals surface area contributed by atoms with E-state index in [0.29, 0.717) is 18.1 Å². The van der Waals surface area contributed by atoms with E-state index in [1.165, 1.54) is 11.1 Å². The van der Waals surface area contributed by atoms with Gasteiger partial charge < -0.3 is 14.6 Å². The van der Waals surface area contributed by atoms with E-state index in [9.17, 15) is 5.11 Å². The van der Waals surface area contributed by atoms with E-state index in [-0.39, 0.29) is 0 Å². The Bertz CT molecular complexity index is 922. The van der Waals surface area contributed by atoms with Gasteiger partial charge in [0.05, 0.1) is 14.2 Å². The lowest BCUT2D eigenvalue weighted by Gasteiger charge is -2.21. The summed E-state index contributed by atoms with van der Waals surface area (Å²) in [5, 5.41) is 10.3. The van der Waals surface area contributed by atoms with Gasteiger partial charge in [-0.05, 0) is 60.6 Å². The summed E-state index contributed by atoms with van der Waals surface area (Å²) in [5.41, 5.74) is 6.67. The second kappa shape index (κ2) is 8.55. The third-order valence-electron chi connectivity index (χ3n) is 5.29. The Morgan fingerprint density at radius 1 is 0.929 bits per heavy atom. The van der Waals surface area contributed by atoms with E-state index in [2.05, 4.69) is 38.1 Å². The van der Waals surface area contributed by atoms with Gasteiger partial charge in [-0.15, -0.1) is 0 Å². The van der Waals surface area contributed by atoms with Crippen LogP contribution in [0.1, 0.15) is 41.2 Å². The van der Waals surface area contributed by atoms with Crippen LogP contribution in [0.3, 0.4) is 0 Å². The van der Waals surface area contributed by atoms with E-state index >= 15 is 0 Å². The van der Waals surface area contributed by atoms with Crippen LogP contribution in [0.15, 0.2) is 53.8 Å². The van der Waals surface area contributed by atoms with Gasteiger partial charge in [-0.2, -0.15) is 0 Å². The van der Waals surface area contributed by atoms with Gasteiger partial charge in [0.15, 0.2) is 0 Å². The summed E-state index contributed by atoms with van der Waals surface area (Å²) in [6.45, 7) is 6.37. The van der Waals surface area contributed by atoms with Gasteiger partial charge in [-0.3, -0.25) is 0 Å². The van der Waals surface area contributed by atoms with Gasteiger partial charge >= 0.3 is 0 Å². The molecule has 0 spiro atoms. The van der Waals surface area contributed by atoms with E-state index in [1.54, 1.807) is 20.3 Å². The maximum atomic E-state index is 10.3. The number of phenols is 1. The second-order valence-corrected chi connectivity index (χ2v) is 7.78. The molecule has 0 radical (unpaired) electrons. The van der Waals surface area contributed by atoms with Gasteiger partial charge in [0.1, 0.15) is 17.3 Å². The first-order valence-corrected chi connectivity index (χ1v) is 9.81. The molecule has 1 atom stereocenters. The molecule has 1 aliphatic carbocycles. The molecular weight excluding hydrogens is 348 g/mol. The maximum Gasteiger partial charge on any atom is 0.125 e. The molecule has 0 amide bonds. The summed E-state index contributed by atoms with van der Waals surface area (Å²) in [6.07, 6.45) is 6.88. The van der Waals surface area contributed by atoms with Crippen LogP contribution in [0, 0.1) is 19.8 Å². The van der Waals surface area contributed by atoms with Crippen LogP contribution in [0.2, 0.25) is 0 Å². The Balaban J connectivity index is 1.99. The highest BCUT2D eigenvalue weighted by atomic mass is 16.5. The third-order valence-corrected chi connectivity index (χ3v) is 5.29. The molecule has 3 nitrogen and oxygen atoms in total. The quantitative estimate of drug-likeness (QED) is 0.706. The minimum Gasteiger partial charge on any atom is -0.508 e. The summed E-state index contributed by atoms with van der Waals surface area (Å²) in [7, 11) is 3.45. The molecule has 0 aliphatic heterocycles. The highest BCUT2D eigenvalue weighted by molar-refractivity contribution is 5.51. The summed E-state index contributed by atoms with van der Waals surface area (Å²) in [5.74, 6) is 2.68. The van der Waals surface area contributed by atoms with Crippen molar-refractivity contribution in [1.29, 1.82) is 0 Å². The number of hydrogen-bond donors (Lipinski definition) is 1. The van der Waals surface area contributed by atoms with Crippen molar-refractivity contribution in [3.63, 3.8) is 0 Å². The number of allylic oxidation sites excluding steroid dienone is 3. The molecule has 0 saturated heterocycles. The topological polar surface area (TPSA) is 38.7 Å². The molecule has 28 heavy (non-hydrogen) atoms. The SMILES string of the molecule is COC1=CCC(C)C=C1Cc1cc(C)cc(Cc2cc(C)ccc2O)c1OC. The number of hydrogen-bond acceptors (Lipinski definition) is 3. The van der Waals surface area contributed by atoms with Crippen molar-refractivity contribution >= 4 is 0 Å². The van der Waals surface area contributed by atoms with Crippen molar-refractivity contribution in [2.75, 3.05) is 14.2 Å². The van der Waals surface area contributed by atoms with E-state index in [0.717, 1.165) is 46.6 Å². The highest BCUT2D eigenvalue weighted by Gasteiger charge is 2.18. The van der Waals surface area contributed by atoms with Crippen molar-refractivity contribution < 1.29 is 14.6 Å². The van der Waals surface area contributed by atoms with E-state index < -0.39 is 0 Å². The zero-order chi connectivity index (χ0) is 20.3. The zero-order valence-electron chi connectivity index (χ0n) is 17.5. The number of benzene rings is 2. The molecule has 1 aliphatic rings. The minimum atomic E-state index is 0.323. The Hall–Kier alpha value is -2.68. The molecule has 1 N–H and O–H groups in total. The van der Waals surface area contributed by atoms with Crippen LogP contribution in [0.5, 0.6) is 11.5 Å². The highest BCUT2D eigenvalue weighted by Crippen LogP contribution is 2.34. The Kier molecular flexibility index (Phi) is 6.13. The van der Waals surface area contributed by atoms with E-state index in [4.69, 9.17) is 9.47 Å². The lowest BCUT2D eigenvalue weighted by molar-refractivity contribution is 0.293. The number of phenolic OH excluding ortho intramolecular Hbond substituents is 1. The van der Waals surface area contributed by atoms with Crippen LogP contribution in [0.4, 0.5) is 0 Å². The van der Waals surface area contributed by atoms with Gasteiger partial charge in [0, 0.05) is 12.8 Å². The molecule has 1 unspecified atom stereocenters. The number of methoxy groups -OCH3 is 2. The Labute approximate surface area is 168 Å². The molecule has 0 bridgehead atoms. The van der Waals surface area contributed by atoms with Crippen LogP contribution in [-0.4, -0.2) is 19.3 Å². The molecule has 0 fully saturated rings. The van der Waals surface area contributed by atoms with Crippen LogP contribution in [-0.2, 0) is 17.6 Å². The molecule has 0 saturated carbocycles. The molecule has 2 aromatic carbocycles.